The topological polar surface area (TPSA) is 115 Å². The summed E-state index contributed by atoms with van der Waals surface area (Å²) in [5, 5.41) is 4.10. The molecule has 0 unspecified atom stereocenters. The van der Waals surface area contributed by atoms with Gasteiger partial charge in [-0.05, 0) is 44.2 Å². The van der Waals surface area contributed by atoms with Crippen molar-refractivity contribution in [1.82, 2.24) is 15.0 Å². The van der Waals surface area contributed by atoms with Crippen molar-refractivity contribution < 1.29 is 12.9 Å². The van der Waals surface area contributed by atoms with Crippen LogP contribution in [-0.4, -0.2) is 42.4 Å². The first kappa shape index (κ1) is 16.9. The molecule has 0 bridgehead atoms. The van der Waals surface area contributed by atoms with Crippen LogP contribution in [0.15, 0.2) is 38.1 Å². The molecule has 0 radical (unpaired) electrons. The van der Waals surface area contributed by atoms with Crippen LogP contribution in [0.4, 0.5) is 0 Å². The highest BCUT2D eigenvalue weighted by Crippen LogP contribution is 2.38. The number of amidine groups is 1. The van der Waals surface area contributed by atoms with Gasteiger partial charge in [0.05, 0.1) is 5.54 Å². The summed E-state index contributed by atoms with van der Waals surface area (Å²) in [6, 6.07) is 6.98. The van der Waals surface area contributed by atoms with E-state index in [0.717, 1.165) is 32.1 Å². The Morgan fingerprint density at radius 1 is 1.19 bits per heavy atom. The molecule has 0 spiro atoms. The highest BCUT2D eigenvalue weighted by Gasteiger charge is 2.40. The van der Waals surface area contributed by atoms with E-state index in [1.807, 2.05) is 17.0 Å². The Morgan fingerprint density at radius 3 is 2.63 bits per heavy atom. The number of sulfonamides is 1. The van der Waals surface area contributed by atoms with Crippen LogP contribution in [0, 0.1) is 0 Å². The normalized spacial score (nSPS) is 23.6. The second kappa shape index (κ2) is 5.87. The van der Waals surface area contributed by atoms with Crippen molar-refractivity contribution in [2.45, 2.75) is 48.5 Å². The summed E-state index contributed by atoms with van der Waals surface area (Å²) in [6.07, 6.45) is 4.52. The molecule has 1 saturated heterocycles. The molecule has 5 rings (SSSR count). The first-order valence-corrected chi connectivity index (χ1v) is 10.7. The Labute approximate surface area is 157 Å². The fourth-order valence-electron chi connectivity index (χ4n) is 4.04. The first-order chi connectivity index (χ1) is 13.0. The van der Waals surface area contributed by atoms with E-state index < -0.39 is 15.6 Å². The second-order valence-corrected chi connectivity index (χ2v) is 9.19. The molecule has 2 aromatic rings. The minimum absolute atomic E-state index is 0.167. The summed E-state index contributed by atoms with van der Waals surface area (Å²) in [5.74, 6) is 1.97. The molecule has 3 aliphatic rings. The molecule has 27 heavy (non-hydrogen) atoms. The molecular formula is C18H21N5O3S. The van der Waals surface area contributed by atoms with Gasteiger partial charge in [-0.2, -0.15) is 13.4 Å². The third-order valence-corrected chi connectivity index (χ3v) is 7.21. The van der Waals surface area contributed by atoms with E-state index in [4.69, 9.17) is 10.3 Å². The number of piperidine rings is 1. The molecule has 9 heteroatoms. The molecule has 0 amide bonds. The van der Waals surface area contributed by atoms with Gasteiger partial charge < -0.3 is 15.2 Å². The van der Waals surface area contributed by atoms with Crippen LogP contribution in [0.2, 0.25) is 0 Å². The minimum Gasteiger partial charge on any atom is -0.355 e. The molecule has 1 aromatic carbocycles. The molecule has 3 heterocycles. The van der Waals surface area contributed by atoms with Gasteiger partial charge in [-0.25, -0.2) is 0 Å². The standard InChI is InChI=1S/C18H21N5O3S/c19-18(8-3-9-18)17-20-16(26-21-17)12-6-10-23(11-7-12)15-13-4-1-2-5-14(13)27(24,25)22-15/h1-2,4-5,12H,3,6-11,19H2. The zero-order valence-electron chi connectivity index (χ0n) is 14.8. The smallest absolute Gasteiger partial charge is 0.285 e. The summed E-state index contributed by atoms with van der Waals surface area (Å²) in [6.45, 7) is 1.39. The summed E-state index contributed by atoms with van der Waals surface area (Å²) >= 11 is 0. The molecule has 8 nitrogen and oxygen atoms in total. The molecule has 1 saturated carbocycles. The molecule has 0 atom stereocenters. The summed E-state index contributed by atoms with van der Waals surface area (Å²) in [4.78, 5) is 6.89. The molecule has 1 aromatic heterocycles. The number of fused-ring (bicyclic) bond motifs is 1. The van der Waals surface area contributed by atoms with Crippen molar-refractivity contribution in [3.8, 4) is 0 Å². The fraction of sp³-hybridized carbons (Fsp3) is 0.500. The van der Waals surface area contributed by atoms with Gasteiger partial charge in [-0.3, -0.25) is 0 Å². The van der Waals surface area contributed by atoms with Gasteiger partial charge >= 0.3 is 0 Å². The zero-order valence-corrected chi connectivity index (χ0v) is 15.7. The Bertz CT molecular complexity index is 1020. The number of rotatable bonds is 2. The Morgan fingerprint density at radius 2 is 1.93 bits per heavy atom. The third kappa shape index (κ3) is 2.68. The van der Waals surface area contributed by atoms with Crippen molar-refractivity contribution in [3.05, 3.63) is 41.5 Å². The largest absolute Gasteiger partial charge is 0.355 e. The number of hydrogen-bond donors (Lipinski definition) is 1. The highest BCUT2D eigenvalue weighted by molar-refractivity contribution is 7.90. The SMILES string of the molecule is NC1(c2noc(C3CCN(C4=NS(=O)(=O)c5ccccc54)CC3)n2)CCC1. The number of hydrogen-bond acceptors (Lipinski definition) is 7. The third-order valence-electron chi connectivity index (χ3n) is 5.89. The van der Waals surface area contributed by atoms with Crippen molar-refractivity contribution in [1.29, 1.82) is 0 Å². The van der Waals surface area contributed by atoms with Crippen LogP contribution in [0.3, 0.4) is 0 Å². The minimum atomic E-state index is -3.59. The number of nitrogens with two attached hydrogens (primary N) is 1. The van der Waals surface area contributed by atoms with Gasteiger partial charge in [0.25, 0.3) is 10.0 Å². The lowest BCUT2D eigenvalue weighted by molar-refractivity contribution is 0.226. The molecular weight excluding hydrogens is 366 g/mol. The van der Waals surface area contributed by atoms with E-state index in [-0.39, 0.29) is 10.8 Å². The predicted molar refractivity (Wildman–Crippen MR) is 97.7 cm³/mol. The Balaban J connectivity index is 1.31. The lowest BCUT2D eigenvalue weighted by Gasteiger charge is -2.34. The van der Waals surface area contributed by atoms with Gasteiger partial charge in [0.2, 0.25) is 5.89 Å². The number of aromatic nitrogens is 2. The van der Waals surface area contributed by atoms with Crippen molar-refractivity contribution >= 4 is 15.9 Å². The monoisotopic (exact) mass is 387 g/mol. The first-order valence-electron chi connectivity index (χ1n) is 9.29. The van der Waals surface area contributed by atoms with Crippen LogP contribution in [-0.2, 0) is 15.6 Å². The number of benzene rings is 1. The van der Waals surface area contributed by atoms with Crippen molar-refractivity contribution in [2.24, 2.45) is 10.1 Å². The Hall–Kier alpha value is -2.26. The lowest BCUT2D eigenvalue weighted by atomic mass is 9.77. The molecule has 142 valence electrons. The van der Waals surface area contributed by atoms with Crippen LogP contribution >= 0.6 is 0 Å². The Kier molecular flexibility index (Phi) is 3.67. The zero-order chi connectivity index (χ0) is 18.6. The van der Waals surface area contributed by atoms with Gasteiger partial charge in [0, 0.05) is 24.6 Å². The summed E-state index contributed by atoms with van der Waals surface area (Å²) < 4.78 is 34.0. The maximum Gasteiger partial charge on any atom is 0.285 e. The van der Waals surface area contributed by atoms with Crippen LogP contribution < -0.4 is 5.73 Å². The number of nitrogens with zero attached hydrogens (tertiary/aromatic N) is 4. The van der Waals surface area contributed by atoms with E-state index in [1.54, 1.807) is 12.1 Å². The van der Waals surface area contributed by atoms with Gasteiger partial charge in [0.15, 0.2) is 11.7 Å². The van der Waals surface area contributed by atoms with E-state index >= 15 is 0 Å². The fourth-order valence-corrected chi connectivity index (χ4v) is 5.27. The van der Waals surface area contributed by atoms with Crippen molar-refractivity contribution in [3.63, 3.8) is 0 Å². The van der Waals surface area contributed by atoms with E-state index in [2.05, 4.69) is 14.5 Å². The average molecular weight is 387 g/mol. The van der Waals surface area contributed by atoms with Gasteiger partial charge in [0.1, 0.15) is 4.90 Å². The average Bonchev–Trinajstić information content (AvgIpc) is 3.24. The maximum absolute atomic E-state index is 12.3. The number of likely N-dealkylation sites (tertiary alicyclic amines) is 1. The lowest BCUT2D eigenvalue weighted by Crippen LogP contribution is -2.44. The van der Waals surface area contributed by atoms with E-state index in [0.29, 0.717) is 36.2 Å². The second-order valence-electron chi connectivity index (χ2n) is 7.61. The predicted octanol–water partition coefficient (Wildman–Crippen LogP) is 1.74. The molecule has 2 fully saturated rings. The van der Waals surface area contributed by atoms with E-state index in [1.165, 1.54) is 0 Å². The van der Waals surface area contributed by atoms with Crippen LogP contribution in [0.25, 0.3) is 0 Å². The van der Waals surface area contributed by atoms with Crippen LogP contribution in [0.5, 0.6) is 0 Å². The molecule has 2 N–H and O–H groups in total. The van der Waals surface area contributed by atoms with Crippen LogP contribution in [0.1, 0.15) is 55.3 Å². The van der Waals surface area contributed by atoms with Gasteiger partial charge in [-0.15, -0.1) is 4.40 Å². The molecule has 2 aliphatic heterocycles. The quantitative estimate of drug-likeness (QED) is 0.834. The highest BCUT2D eigenvalue weighted by atomic mass is 32.2. The molecule has 1 aliphatic carbocycles. The van der Waals surface area contributed by atoms with Crippen molar-refractivity contribution in [2.75, 3.05) is 13.1 Å². The maximum atomic E-state index is 12.3. The summed E-state index contributed by atoms with van der Waals surface area (Å²) in [5.41, 5.74) is 6.55. The summed E-state index contributed by atoms with van der Waals surface area (Å²) in [7, 11) is -3.59. The van der Waals surface area contributed by atoms with Gasteiger partial charge in [-0.1, -0.05) is 17.3 Å². The van der Waals surface area contributed by atoms with E-state index in [9.17, 15) is 8.42 Å².